The minimum absolute atomic E-state index is 0.0215. The Labute approximate surface area is 175 Å². The van der Waals surface area contributed by atoms with Crippen molar-refractivity contribution in [2.24, 2.45) is 0 Å². The van der Waals surface area contributed by atoms with Crippen LogP contribution in [-0.4, -0.2) is 39.2 Å². The fourth-order valence-corrected chi connectivity index (χ4v) is 3.21. The summed E-state index contributed by atoms with van der Waals surface area (Å²) in [6.45, 7) is 0. The van der Waals surface area contributed by atoms with Crippen LogP contribution in [0.1, 0.15) is 10.4 Å². The van der Waals surface area contributed by atoms with E-state index in [2.05, 4.69) is 15.8 Å². The second-order valence-electron chi connectivity index (χ2n) is 5.87. The van der Waals surface area contributed by atoms with Crippen molar-refractivity contribution in [2.45, 2.75) is 5.16 Å². The van der Waals surface area contributed by atoms with Gasteiger partial charge in [-0.05, 0) is 36.4 Å². The molecule has 2 aromatic carbocycles. The molecular formula is C19H17N5O5S. The second-order valence-corrected chi connectivity index (χ2v) is 6.82. The van der Waals surface area contributed by atoms with Gasteiger partial charge in [-0.3, -0.25) is 35.1 Å². The van der Waals surface area contributed by atoms with Crippen LogP contribution in [0.3, 0.4) is 0 Å². The average molecular weight is 427 g/mol. The molecule has 0 atom stereocenters. The first-order valence-corrected chi connectivity index (χ1v) is 9.60. The van der Waals surface area contributed by atoms with Crippen LogP contribution in [-0.2, 0) is 4.79 Å². The Balaban J connectivity index is 1.52. The lowest BCUT2D eigenvalue weighted by molar-refractivity contribution is -0.384. The number of nitrogens with one attached hydrogen (secondary N) is 2. The van der Waals surface area contributed by atoms with Crippen molar-refractivity contribution in [3.63, 3.8) is 0 Å². The van der Waals surface area contributed by atoms with E-state index in [0.29, 0.717) is 5.16 Å². The third kappa shape index (κ3) is 5.14. The molecule has 154 valence electrons. The van der Waals surface area contributed by atoms with Gasteiger partial charge in [0.15, 0.2) is 5.16 Å². The van der Waals surface area contributed by atoms with E-state index in [1.807, 2.05) is 28.8 Å². The summed E-state index contributed by atoms with van der Waals surface area (Å²) >= 11 is 1.20. The van der Waals surface area contributed by atoms with Crippen LogP contribution in [0.2, 0.25) is 0 Å². The first-order chi connectivity index (χ1) is 14.5. The Hall–Kier alpha value is -3.86. The summed E-state index contributed by atoms with van der Waals surface area (Å²) in [5.74, 6) is -0.257. The maximum Gasteiger partial charge on any atom is 0.269 e. The average Bonchev–Trinajstić information content (AvgIpc) is 3.24. The standard InChI is InChI=1S/C19H17N5O5S/c1-29-16-8-6-14(7-9-16)23-11-10-20-19(23)30-12-17(25)21-22-18(26)13-2-4-15(5-3-13)24(27)28/h2-11H,12H2,1H3,(H,21,25)(H,22,26). The van der Waals surface area contributed by atoms with Crippen molar-refractivity contribution in [1.29, 1.82) is 0 Å². The van der Waals surface area contributed by atoms with Crippen LogP contribution in [0, 0.1) is 10.1 Å². The zero-order valence-electron chi connectivity index (χ0n) is 15.8. The van der Waals surface area contributed by atoms with Gasteiger partial charge in [-0.15, -0.1) is 0 Å². The van der Waals surface area contributed by atoms with E-state index in [-0.39, 0.29) is 17.0 Å². The summed E-state index contributed by atoms with van der Waals surface area (Å²) < 4.78 is 6.97. The SMILES string of the molecule is COc1ccc(-n2ccnc2SCC(=O)NNC(=O)c2ccc([N+](=O)[O-])cc2)cc1. The van der Waals surface area contributed by atoms with Crippen LogP contribution < -0.4 is 15.6 Å². The van der Waals surface area contributed by atoms with Crippen LogP contribution in [0.15, 0.2) is 66.1 Å². The minimum Gasteiger partial charge on any atom is -0.497 e. The molecule has 0 saturated heterocycles. The van der Waals surface area contributed by atoms with E-state index < -0.39 is 16.7 Å². The lowest BCUT2D eigenvalue weighted by atomic mass is 10.2. The molecule has 0 aliphatic rings. The smallest absolute Gasteiger partial charge is 0.269 e. The number of ether oxygens (including phenoxy) is 1. The highest BCUT2D eigenvalue weighted by atomic mass is 32.2. The van der Waals surface area contributed by atoms with Crippen LogP contribution in [0.4, 0.5) is 5.69 Å². The van der Waals surface area contributed by atoms with Crippen molar-refractivity contribution in [3.8, 4) is 11.4 Å². The third-order valence-electron chi connectivity index (χ3n) is 3.95. The van der Waals surface area contributed by atoms with Crippen molar-refractivity contribution >= 4 is 29.3 Å². The normalized spacial score (nSPS) is 10.3. The van der Waals surface area contributed by atoms with E-state index in [1.165, 1.54) is 36.0 Å². The third-order valence-corrected chi connectivity index (χ3v) is 4.91. The molecule has 0 spiro atoms. The van der Waals surface area contributed by atoms with Gasteiger partial charge in [0.2, 0.25) is 5.91 Å². The summed E-state index contributed by atoms with van der Waals surface area (Å²) in [6, 6.07) is 12.4. The highest BCUT2D eigenvalue weighted by Gasteiger charge is 2.12. The molecule has 11 heteroatoms. The number of hydrogen-bond donors (Lipinski definition) is 2. The predicted molar refractivity (Wildman–Crippen MR) is 110 cm³/mol. The number of non-ortho nitro benzene ring substituents is 1. The van der Waals surface area contributed by atoms with E-state index in [1.54, 1.807) is 19.5 Å². The van der Waals surface area contributed by atoms with Gasteiger partial charge in [0.1, 0.15) is 5.75 Å². The number of hydrogen-bond acceptors (Lipinski definition) is 7. The monoisotopic (exact) mass is 427 g/mol. The van der Waals surface area contributed by atoms with Gasteiger partial charge in [-0.25, -0.2) is 4.98 Å². The Kier molecular flexibility index (Phi) is 6.65. The predicted octanol–water partition coefficient (Wildman–Crippen LogP) is 2.34. The molecular weight excluding hydrogens is 410 g/mol. The van der Waals surface area contributed by atoms with Crippen molar-refractivity contribution in [1.82, 2.24) is 20.4 Å². The van der Waals surface area contributed by atoms with Gasteiger partial charge < -0.3 is 4.74 Å². The van der Waals surface area contributed by atoms with Gasteiger partial charge >= 0.3 is 0 Å². The maximum atomic E-state index is 12.1. The number of carbonyl (C=O) groups is 2. The van der Waals surface area contributed by atoms with Crippen molar-refractivity contribution < 1.29 is 19.2 Å². The van der Waals surface area contributed by atoms with Crippen molar-refractivity contribution in [2.75, 3.05) is 12.9 Å². The molecule has 0 unspecified atom stereocenters. The quantitative estimate of drug-likeness (QED) is 0.336. The second kappa shape index (κ2) is 9.56. The summed E-state index contributed by atoms with van der Waals surface area (Å²) in [5, 5.41) is 11.3. The largest absolute Gasteiger partial charge is 0.497 e. The fourth-order valence-electron chi connectivity index (χ4n) is 2.44. The molecule has 0 radical (unpaired) electrons. The molecule has 30 heavy (non-hydrogen) atoms. The van der Waals surface area contributed by atoms with E-state index in [9.17, 15) is 19.7 Å². The van der Waals surface area contributed by atoms with Gasteiger partial charge in [-0.1, -0.05) is 11.8 Å². The van der Waals surface area contributed by atoms with E-state index in [0.717, 1.165) is 11.4 Å². The highest BCUT2D eigenvalue weighted by Crippen LogP contribution is 2.22. The van der Waals surface area contributed by atoms with E-state index >= 15 is 0 Å². The summed E-state index contributed by atoms with van der Waals surface area (Å²) in [4.78, 5) is 38.4. The molecule has 1 heterocycles. The molecule has 0 bridgehead atoms. The zero-order valence-corrected chi connectivity index (χ0v) is 16.6. The molecule has 3 aromatic rings. The maximum absolute atomic E-state index is 12.1. The first-order valence-electron chi connectivity index (χ1n) is 8.62. The fraction of sp³-hybridized carbons (Fsp3) is 0.105. The Morgan fingerprint density at radius 3 is 2.47 bits per heavy atom. The number of rotatable bonds is 7. The number of aromatic nitrogens is 2. The lowest BCUT2D eigenvalue weighted by Crippen LogP contribution is -2.42. The summed E-state index contributed by atoms with van der Waals surface area (Å²) in [7, 11) is 1.59. The number of imidazole rings is 1. The van der Waals surface area contributed by atoms with Gasteiger partial charge in [0.05, 0.1) is 17.8 Å². The zero-order chi connectivity index (χ0) is 21.5. The number of carbonyl (C=O) groups excluding carboxylic acids is 2. The minimum atomic E-state index is -0.581. The summed E-state index contributed by atoms with van der Waals surface area (Å²) in [5.41, 5.74) is 5.50. The number of methoxy groups -OCH3 is 1. The first kappa shape index (κ1) is 20.9. The molecule has 0 aliphatic carbocycles. The number of hydrazine groups is 1. The highest BCUT2D eigenvalue weighted by molar-refractivity contribution is 7.99. The van der Waals surface area contributed by atoms with E-state index in [4.69, 9.17) is 4.74 Å². The number of nitro benzene ring substituents is 1. The Morgan fingerprint density at radius 1 is 1.13 bits per heavy atom. The molecule has 2 N–H and O–H groups in total. The molecule has 10 nitrogen and oxygen atoms in total. The topological polar surface area (TPSA) is 128 Å². The number of amides is 2. The van der Waals surface area contributed by atoms with Crippen LogP contribution in [0.5, 0.6) is 5.75 Å². The molecule has 0 fully saturated rings. The number of nitro groups is 1. The van der Waals surface area contributed by atoms with Gasteiger partial charge in [-0.2, -0.15) is 0 Å². The number of benzene rings is 2. The lowest BCUT2D eigenvalue weighted by Gasteiger charge is -2.09. The molecule has 1 aromatic heterocycles. The molecule has 0 saturated carbocycles. The molecule has 0 aliphatic heterocycles. The Morgan fingerprint density at radius 2 is 1.83 bits per heavy atom. The number of thioether (sulfide) groups is 1. The van der Waals surface area contributed by atoms with Crippen LogP contribution >= 0.6 is 11.8 Å². The molecule has 3 rings (SSSR count). The van der Waals surface area contributed by atoms with Crippen LogP contribution in [0.25, 0.3) is 5.69 Å². The summed E-state index contributed by atoms with van der Waals surface area (Å²) in [6.07, 6.45) is 3.40. The van der Waals surface area contributed by atoms with Gasteiger partial charge in [0, 0.05) is 35.8 Å². The number of nitrogens with zero attached hydrogens (tertiary/aromatic N) is 3. The van der Waals surface area contributed by atoms with Crippen molar-refractivity contribution in [3.05, 3.63) is 76.6 Å². The van der Waals surface area contributed by atoms with Gasteiger partial charge in [0.25, 0.3) is 11.6 Å². The Bertz CT molecular complexity index is 1050. The molecule has 2 amide bonds.